The lowest BCUT2D eigenvalue weighted by molar-refractivity contribution is -0.120. The number of aryl methyl sites for hydroxylation is 1. The number of amides is 1. The van der Waals surface area contributed by atoms with Gasteiger partial charge in [0.05, 0.1) is 13.2 Å². The van der Waals surface area contributed by atoms with Gasteiger partial charge in [-0.25, -0.2) is 0 Å². The molecule has 2 aromatic carbocycles. The second-order valence-corrected chi connectivity index (χ2v) is 6.99. The predicted molar refractivity (Wildman–Crippen MR) is 101 cm³/mol. The standard InChI is InChI=1S/C21H26N2O2/c1-14-10-17-6-4-5-7-20(17)23(13-14)21(24)19(22)12-16-8-9-18(25-3)11-15(16)2/h4-9,11,14,19H,10,12-13,22H2,1-3H3/t14?,19-/m0/s1. The molecule has 0 aromatic heterocycles. The van der Waals surface area contributed by atoms with Crippen LogP contribution in [0.5, 0.6) is 5.75 Å². The van der Waals surface area contributed by atoms with Crippen molar-refractivity contribution in [1.29, 1.82) is 0 Å². The van der Waals surface area contributed by atoms with Gasteiger partial charge in [0.25, 0.3) is 0 Å². The van der Waals surface area contributed by atoms with Crippen LogP contribution in [0.2, 0.25) is 0 Å². The predicted octanol–water partition coefficient (Wildman–Crippen LogP) is 3.10. The van der Waals surface area contributed by atoms with E-state index < -0.39 is 6.04 Å². The first-order valence-electron chi connectivity index (χ1n) is 8.78. The van der Waals surface area contributed by atoms with Crippen LogP contribution in [0.25, 0.3) is 0 Å². The van der Waals surface area contributed by atoms with Crippen molar-refractivity contribution in [3.05, 3.63) is 59.2 Å². The molecule has 4 nitrogen and oxygen atoms in total. The monoisotopic (exact) mass is 338 g/mol. The maximum Gasteiger partial charge on any atom is 0.244 e. The molecule has 1 unspecified atom stereocenters. The lowest BCUT2D eigenvalue weighted by Crippen LogP contribution is -2.48. The Kier molecular flexibility index (Phi) is 5.09. The van der Waals surface area contributed by atoms with Crippen LogP contribution >= 0.6 is 0 Å². The van der Waals surface area contributed by atoms with Crippen LogP contribution in [-0.2, 0) is 17.6 Å². The van der Waals surface area contributed by atoms with Gasteiger partial charge in [-0.2, -0.15) is 0 Å². The molecule has 1 aliphatic heterocycles. The molecule has 2 atom stereocenters. The second-order valence-electron chi connectivity index (χ2n) is 6.99. The van der Waals surface area contributed by atoms with Gasteiger partial charge in [-0.05, 0) is 60.6 Å². The largest absolute Gasteiger partial charge is 0.497 e. The Labute approximate surface area is 149 Å². The number of methoxy groups -OCH3 is 1. The van der Waals surface area contributed by atoms with Crippen LogP contribution in [0.1, 0.15) is 23.6 Å². The zero-order chi connectivity index (χ0) is 18.0. The van der Waals surface area contributed by atoms with Crippen molar-refractivity contribution < 1.29 is 9.53 Å². The molecule has 132 valence electrons. The Hall–Kier alpha value is -2.33. The highest BCUT2D eigenvalue weighted by Gasteiger charge is 2.29. The van der Waals surface area contributed by atoms with E-state index in [0.717, 1.165) is 35.5 Å². The van der Waals surface area contributed by atoms with Crippen molar-refractivity contribution in [3.63, 3.8) is 0 Å². The maximum atomic E-state index is 13.0. The highest BCUT2D eigenvalue weighted by Crippen LogP contribution is 2.30. The third kappa shape index (κ3) is 3.69. The van der Waals surface area contributed by atoms with Crippen molar-refractivity contribution in [2.45, 2.75) is 32.7 Å². The summed E-state index contributed by atoms with van der Waals surface area (Å²) in [6.45, 7) is 4.92. The molecular weight excluding hydrogens is 312 g/mol. The minimum atomic E-state index is -0.551. The molecule has 0 saturated carbocycles. The molecule has 0 spiro atoms. The fourth-order valence-corrected chi connectivity index (χ4v) is 3.55. The smallest absolute Gasteiger partial charge is 0.244 e. The number of anilines is 1. The molecule has 2 N–H and O–H groups in total. The van der Waals surface area contributed by atoms with Crippen LogP contribution in [-0.4, -0.2) is 25.6 Å². The number of carbonyl (C=O) groups excluding carboxylic acids is 1. The molecule has 0 bridgehead atoms. The lowest BCUT2D eigenvalue weighted by Gasteiger charge is -2.34. The molecule has 0 fully saturated rings. The Balaban J connectivity index is 1.79. The summed E-state index contributed by atoms with van der Waals surface area (Å²) in [6, 6.07) is 13.5. The van der Waals surface area contributed by atoms with E-state index in [1.165, 1.54) is 5.56 Å². The van der Waals surface area contributed by atoms with Gasteiger partial charge in [0.2, 0.25) is 5.91 Å². The fourth-order valence-electron chi connectivity index (χ4n) is 3.55. The summed E-state index contributed by atoms with van der Waals surface area (Å²) in [6.07, 6.45) is 1.54. The Morgan fingerprint density at radius 1 is 1.32 bits per heavy atom. The SMILES string of the molecule is COc1ccc(C[C@H](N)C(=O)N2CC(C)Cc3ccccc32)c(C)c1. The zero-order valence-corrected chi connectivity index (χ0v) is 15.2. The topological polar surface area (TPSA) is 55.6 Å². The molecule has 0 aliphatic carbocycles. The molecule has 0 saturated heterocycles. The number of rotatable bonds is 4. The van der Waals surface area contributed by atoms with E-state index in [0.29, 0.717) is 12.3 Å². The number of hydrogen-bond acceptors (Lipinski definition) is 3. The van der Waals surface area contributed by atoms with Gasteiger partial charge in [-0.3, -0.25) is 4.79 Å². The number of fused-ring (bicyclic) bond motifs is 1. The van der Waals surface area contributed by atoms with Crippen molar-refractivity contribution in [3.8, 4) is 5.75 Å². The second kappa shape index (κ2) is 7.28. The van der Waals surface area contributed by atoms with Crippen LogP contribution < -0.4 is 15.4 Å². The van der Waals surface area contributed by atoms with Crippen LogP contribution in [0.15, 0.2) is 42.5 Å². The van der Waals surface area contributed by atoms with E-state index in [2.05, 4.69) is 13.0 Å². The average Bonchev–Trinajstić information content (AvgIpc) is 2.61. The molecular formula is C21H26N2O2. The summed E-state index contributed by atoms with van der Waals surface area (Å²) in [7, 11) is 1.65. The molecule has 4 heteroatoms. The van der Waals surface area contributed by atoms with Gasteiger partial charge in [-0.15, -0.1) is 0 Å². The average molecular weight is 338 g/mol. The molecule has 3 rings (SSSR count). The van der Waals surface area contributed by atoms with E-state index >= 15 is 0 Å². The van der Waals surface area contributed by atoms with Crippen LogP contribution in [0, 0.1) is 12.8 Å². The Bertz CT molecular complexity index is 772. The first-order valence-corrected chi connectivity index (χ1v) is 8.78. The third-order valence-corrected chi connectivity index (χ3v) is 4.92. The lowest BCUT2D eigenvalue weighted by atomic mass is 9.92. The first kappa shape index (κ1) is 17.5. The minimum Gasteiger partial charge on any atom is -0.497 e. The summed E-state index contributed by atoms with van der Waals surface area (Å²) in [5.74, 6) is 1.25. The highest BCUT2D eigenvalue weighted by molar-refractivity contribution is 5.98. The van der Waals surface area contributed by atoms with E-state index in [4.69, 9.17) is 10.5 Å². The van der Waals surface area contributed by atoms with Gasteiger partial charge in [-0.1, -0.05) is 31.2 Å². The molecule has 1 heterocycles. The number of ether oxygens (including phenoxy) is 1. The summed E-state index contributed by atoms with van der Waals surface area (Å²) >= 11 is 0. The first-order chi connectivity index (χ1) is 12.0. The van der Waals surface area contributed by atoms with E-state index in [-0.39, 0.29) is 5.91 Å². The van der Waals surface area contributed by atoms with Crippen molar-refractivity contribution in [1.82, 2.24) is 0 Å². The third-order valence-electron chi connectivity index (χ3n) is 4.92. The summed E-state index contributed by atoms with van der Waals surface area (Å²) < 4.78 is 5.24. The number of nitrogens with two attached hydrogens (primary N) is 1. The maximum absolute atomic E-state index is 13.0. The molecule has 25 heavy (non-hydrogen) atoms. The zero-order valence-electron chi connectivity index (χ0n) is 15.2. The van der Waals surface area contributed by atoms with Crippen molar-refractivity contribution >= 4 is 11.6 Å². The van der Waals surface area contributed by atoms with Gasteiger partial charge in [0.1, 0.15) is 5.75 Å². The van der Waals surface area contributed by atoms with E-state index in [1.54, 1.807) is 7.11 Å². The van der Waals surface area contributed by atoms with Crippen LogP contribution in [0.3, 0.4) is 0 Å². The summed E-state index contributed by atoms with van der Waals surface area (Å²) in [4.78, 5) is 14.9. The minimum absolute atomic E-state index is 0.00535. The normalized spacial score (nSPS) is 17.8. The van der Waals surface area contributed by atoms with Crippen LogP contribution in [0.4, 0.5) is 5.69 Å². The Morgan fingerprint density at radius 3 is 2.80 bits per heavy atom. The molecule has 1 amide bonds. The number of hydrogen-bond donors (Lipinski definition) is 1. The van der Waals surface area contributed by atoms with Gasteiger partial charge in [0, 0.05) is 12.2 Å². The van der Waals surface area contributed by atoms with E-state index in [1.807, 2.05) is 48.2 Å². The molecule has 2 aromatic rings. The fraction of sp³-hybridized carbons (Fsp3) is 0.381. The van der Waals surface area contributed by atoms with Gasteiger partial charge in [0.15, 0.2) is 0 Å². The summed E-state index contributed by atoms with van der Waals surface area (Å²) in [5.41, 5.74) is 10.7. The number of nitrogens with zero attached hydrogens (tertiary/aromatic N) is 1. The van der Waals surface area contributed by atoms with Crippen molar-refractivity contribution in [2.24, 2.45) is 11.7 Å². The molecule has 0 radical (unpaired) electrons. The number of benzene rings is 2. The molecule has 1 aliphatic rings. The Morgan fingerprint density at radius 2 is 2.08 bits per heavy atom. The van der Waals surface area contributed by atoms with Gasteiger partial charge < -0.3 is 15.4 Å². The highest BCUT2D eigenvalue weighted by atomic mass is 16.5. The number of carbonyl (C=O) groups is 1. The van der Waals surface area contributed by atoms with Gasteiger partial charge >= 0.3 is 0 Å². The summed E-state index contributed by atoms with van der Waals surface area (Å²) in [5, 5.41) is 0. The van der Waals surface area contributed by atoms with E-state index in [9.17, 15) is 4.79 Å². The quantitative estimate of drug-likeness (QED) is 0.932. The number of para-hydroxylation sites is 1. The van der Waals surface area contributed by atoms with Crippen molar-refractivity contribution in [2.75, 3.05) is 18.6 Å².